The summed E-state index contributed by atoms with van der Waals surface area (Å²) in [5, 5.41) is 7.16. The topological polar surface area (TPSA) is 60.6 Å². The first-order chi connectivity index (χ1) is 12.2. The Morgan fingerprint density at radius 1 is 1.04 bits per heavy atom. The summed E-state index contributed by atoms with van der Waals surface area (Å²) in [7, 11) is 2.04. The average molecular weight is 335 g/mol. The van der Waals surface area contributed by atoms with Crippen LogP contribution in [0.1, 0.15) is 11.4 Å². The number of hydrogen-bond donors (Lipinski definition) is 2. The predicted octanol–water partition coefficient (Wildman–Crippen LogP) is 3.72. The molecule has 0 fully saturated rings. The Bertz CT molecular complexity index is 953. The van der Waals surface area contributed by atoms with Crippen molar-refractivity contribution in [1.82, 2.24) is 25.1 Å². The molecule has 2 aromatic carbocycles. The number of H-pyrrole nitrogens is 2. The summed E-state index contributed by atoms with van der Waals surface area (Å²) in [5.74, 6) is 0.683. The summed E-state index contributed by atoms with van der Waals surface area (Å²) >= 11 is 0. The van der Waals surface area contributed by atoms with Crippen LogP contribution < -0.4 is 0 Å². The molecule has 0 atom stereocenters. The maximum absolute atomic E-state index is 13.1. The van der Waals surface area contributed by atoms with Crippen LogP contribution in [0.4, 0.5) is 4.39 Å². The molecule has 0 unspecified atom stereocenters. The molecule has 4 rings (SSSR count). The van der Waals surface area contributed by atoms with Gasteiger partial charge in [0.2, 0.25) is 0 Å². The second-order valence-corrected chi connectivity index (χ2v) is 6.15. The van der Waals surface area contributed by atoms with Crippen LogP contribution in [0.15, 0.2) is 54.7 Å². The Morgan fingerprint density at radius 2 is 1.84 bits per heavy atom. The Morgan fingerprint density at radius 3 is 2.64 bits per heavy atom. The molecular formula is C19H18FN5. The summed E-state index contributed by atoms with van der Waals surface area (Å²) in [6, 6.07) is 14.4. The van der Waals surface area contributed by atoms with E-state index in [9.17, 15) is 4.39 Å². The summed E-state index contributed by atoms with van der Waals surface area (Å²) in [6.45, 7) is 1.41. The van der Waals surface area contributed by atoms with Gasteiger partial charge in [-0.3, -0.25) is 10.00 Å². The van der Waals surface area contributed by atoms with Crippen molar-refractivity contribution in [3.05, 3.63) is 71.9 Å². The third kappa shape index (κ3) is 3.29. The molecule has 0 saturated carbocycles. The molecule has 0 spiro atoms. The van der Waals surface area contributed by atoms with Crippen molar-refractivity contribution in [2.45, 2.75) is 13.1 Å². The first-order valence-electron chi connectivity index (χ1n) is 8.09. The number of rotatable bonds is 5. The fraction of sp³-hybridized carbons (Fsp3) is 0.158. The molecular weight excluding hydrogens is 317 g/mol. The van der Waals surface area contributed by atoms with E-state index in [-0.39, 0.29) is 5.82 Å². The average Bonchev–Trinajstić information content (AvgIpc) is 3.21. The molecule has 5 nitrogen and oxygen atoms in total. The molecule has 25 heavy (non-hydrogen) atoms. The van der Waals surface area contributed by atoms with E-state index in [1.807, 2.05) is 37.5 Å². The number of aromatic amines is 2. The zero-order valence-corrected chi connectivity index (χ0v) is 13.8. The lowest BCUT2D eigenvalue weighted by Gasteiger charge is -2.15. The van der Waals surface area contributed by atoms with Gasteiger partial charge in [-0.1, -0.05) is 12.1 Å². The highest BCUT2D eigenvalue weighted by atomic mass is 19.1. The molecule has 6 heteroatoms. The van der Waals surface area contributed by atoms with Gasteiger partial charge in [0.1, 0.15) is 11.6 Å². The van der Waals surface area contributed by atoms with E-state index < -0.39 is 0 Å². The third-order valence-corrected chi connectivity index (χ3v) is 4.15. The van der Waals surface area contributed by atoms with Crippen molar-refractivity contribution < 1.29 is 4.39 Å². The normalized spacial score (nSPS) is 11.5. The van der Waals surface area contributed by atoms with Crippen LogP contribution in [0, 0.1) is 5.82 Å². The number of aromatic nitrogens is 4. The largest absolute Gasteiger partial charge is 0.341 e. The van der Waals surface area contributed by atoms with E-state index in [0.717, 1.165) is 33.7 Å². The van der Waals surface area contributed by atoms with E-state index in [1.54, 1.807) is 12.1 Å². The van der Waals surface area contributed by atoms with Crippen LogP contribution >= 0.6 is 0 Å². The maximum atomic E-state index is 13.1. The zero-order valence-electron chi connectivity index (χ0n) is 13.8. The molecule has 0 saturated heterocycles. The maximum Gasteiger partial charge on any atom is 0.123 e. The molecule has 4 aromatic rings. The van der Waals surface area contributed by atoms with Crippen LogP contribution in [0.2, 0.25) is 0 Å². The summed E-state index contributed by atoms with van der Waals surface area (Å²) < 4.78 is 13.1. The van der Waals surface area contributed by atoms with E-state index in [4.69, 9.17) is 0 Å². The lowest BCUT2D eigenvalue weighted by atomic mass is 10.1. The fourth-order valence-corrected chi connectivity index (χ4v) is 2.98. The molecule has 0 aliphatic rings. The smallest absolute Gasteiger partial charge is 0.123 e. The number of para-hydroxylation sites is 2. The first-order valence-corrected chi connectivity index (χ1v) is 8.09. The van der Waals surface area contributed by atoms with Crippen LogP contribution in [0.25, 0.3) is 22.3 Å². The highest BCUT2D eigenvalue weighted by Gasteiger charge is 2.12. The number of imidazole rings is 1. The number of nitrogens with one attached hydrogen (secondary N) is 2. The Hall–Kier alpha value is -2.99. The zero-order chi connectivity index (χ0) is 17.2. The van der Waals surface area contributed by atoms with Crippen molar-refractivity contribution in [3.63, 3.8) is 0 Å². The minimum atomic E-state index is -0.244. The molecule has 0 radical (unpaired) electrons. The number of benzene rings is 2. The standard InChI is InChI=1S/C19H18FN5/c1-25(12-18-22-16-4-2-3-5-17(16)23-18)11-14-10-21-24-19(14)13-6-8-15(20)9-7-13/h2-10H,11-12H2,1H3,(H,21,24)(H,22,23). The second kappa shape index (κ2) is 6.49. The third-order valence-electron chi connectivity index (χ3n) is 4.15. The summed E-state index contributed by atoms with van der Waals surface area (Å²) in [4.78, 5) is 10.1. The van der Waals surface area contributed by atoms with E-state index in [0.29, 0.717) is 13.1 Å². The Balaban J connectivity index is 1.50. The van der Waals surface area contributed by atoms with Gasteiger partial charge in [0.05, 0.1) is 29.5 Å². The molecule has 0 bridgehead atoms. The van der Waals surface area contributed by atoms with Gasteiger partial charge in [0.15, 0.2) is 0 Å². The molecule has 0 amide bonds. The lowest BCUT2D eigenvalue weighted by Crippen LogP contribution is -2.18. The summed E-state index contributed by atoms with van der Waals surface area (Å²) in [5.41, 5.74) is 4.91. The van der Waals surface area contributed by atoms with E-state index >= 15 is 0 Å². The van der Waals surface area contributed by atoms with Crippen LogP contribution in [0.3, 0.4) is 0 Å². The van der Waals surface area contributed by atoms with Gasteiger partial charge in [-0.05, 0) is 43.4 Å². The van der Waals surface area contributed by atoms with Crippen LogP contribution in [0.5, 0.6) is 0 Å². The van der Waals surface area contributed by atoms with Gasteiger partial charge in [0, 0.05) is 17.7 Å². The molecule has 0 aliphatic heterocycles. The van der Waals surface area contributed by atoms with Gasteiger partial charge >= 0.3 is 0 Å². The fourth-order valence-electron chi connectivity index (χ4n) is 2.98. The van der Waals surface area contributed by atoms with Crippen LogP contribution in [-0.2, 0) is 13.1 Å². The quantitative estimate of drug-likeness (QED) is 0.584. The Labute approximate surface area is 144 Å². The SMILES string of the molecule is CN(Cc1nc2ccccc2[nH]1)Cc1cn[nH]c1-c1ccc(F)cc1. The van der Waals surface area contributed by atoms with E-state index in [1.165, 1.54) is 12.1 Å². The van der Waals surface area contributed by atoms with Gasteiger partial charge in [0.25, 0.3) is 0 Å². The lowest BCUT2D eigenvalue weighted by molar-refractivity contribution is 0.312. The molecule has 2 N–H and O–H groups in total. The monoisotopic (exact) mass is 335 g/mol. The van der Waals surface area contributed by atoms with Crippen molar-refractivity contribution in [2.24, 2.45) is 0 Å². The van der Waals surface area contributed by atoms with Crippen LogP contribution in [-0.4, -0.2) is 32.1 Å². The van der Waals surface area contributed by atoms with Gasteiger partial charge in [-0.25, -0.2) is 9.37 Å². The van der Waals surface area contributed by atoms with Crippen molar-refractivity contribution in [3.8, 4) is 11.3 Å². The first kappa shape index (κ1) is 15.5. The minimum Gasteiger partial charge on any atom is -0.341 e. The molecule has 2 aromatic heterocycles. The van der Waals surface area contributed by atoms with Gasteiger partial charge in [-0.15, -0.1) is 0 Å². The minimum absolute atomic E-state index is 0.244. The summed E-state index contributed by atoms with van der Waals surface area (Å²) in [6.07, 6.45) is 1.81. The van der Waals surface area contributed by atoms with Gasteiger partial charge < -0.3 is 4.98 Å². The molecule has 2 heterocycles. The highest BCUT2D eigenvalue weighted by molar-refractivity contribution is 5.74. The number of halogens is 1. The van der Waals surface area contributed by atoms with Crippen molar-refractivity contribution in [1.29, 1.82) is 0 Å². The number of nitrogens with zero attached hydrogens (tertiary/aromatic N) is 3. The number of hydrogen-bond acceptors (Lipinski definition) is 3. The second-order valence-electron chi connectivity index (χ2n) is 6.15. The highest BCUT2D eigenvalue weighted by Crippen LogP contribution is 2.22. The predicted molar refractivity (Wildman–Crippen MR) is 95.2 cm³/mol. The van der Waals surface area contributed by atoms with Crippen molar-refractivity contribution >= 4 is 11.0 Å². The number of fused-ring (bicyclic) bond motifs is 1. The van der Waals surface area contributed by atoms with Gasteiger partial charge in [-0.2, -0.15) is 5.10 Å². The molecule has 126 valence electrons. The molecule has 0 aliphatic carbocycles. The van der Waals surface area contributed by atoms with E-state index in [2.05, 4.69) is 25.1 Å². The Kier molecular flexibility index (Phi) is 4.03. The van der Waals surface area contributed by atoms with Crippen molar-refractivity contribution in [2.75, 3.05) is 7.05 Å².